The second-order valence-electron chi connectivity index (χ2n) is 13.9. The van der Waals surface area contributed by atoms with Crippen LogP contribution >= 0.6 is 0 Å². The summed E-state index contributed by atoms with van der Waals surface area (Å²) in [6.45, 7) is 1.58. The molecular formula is C48H46N10O5. The fraction of sp³-hybridized carbons (Fsp3) is 0.125. The minimum Gasteiger partial charge on any atom is -0.489 e. The number of fused-ring (bicyclic) bond motifs is 1. The van der Waals surface area contributed by atoms with Crippen LogP contribution in [-0.4, -0.2) is 45.3 Å². The molecule has 9 rings (SSSR count). The summed E-state index contributed by atoms with van der Waals surface area (Å²) < 4.78 is 27.4. The van der Waals surface area contributed by atoms with Crippen molar-refractivity contribution in [1.82, 2.24) is 39.0 Å². The zero-order chi connectivity index (χ0) is 43.8. The lowest BCUT2D eigenvalue weighted by molar-refractivity contribution is 0.111. The van der Waals surface area contributed by atoms with Gasteiger partial charge in [0.05, 0.1) is 22.3 Å². The average Bonchev–Trinajstić information content (AvgIpc) is 4.07. The molecule has 9 aromatic rings. The van der Waals surface area contributed by atoms with Gasteiger partial charge in [0.1, 0.15) is 72.7 Å². The first kappa shape index (κ1) is 42.7. The van der Waals surface area contributed by atoms with Gasteiger partial charge in [0.25, 0.3) is 0 Å². The van der Waals surface area contributed by atoms with Crippen LogP contribution in [0.15, 0.2) is 159 Å². The fourth-order valence-electron chi connectivity index (χ4n) is 5.99. The lowest BCUT2D eigenvalue weighted by atomic mass is 10.1. The number of carbonyl (C=O) groups excluding carboxylic acids is 1. The number of nitrogens with two attached hydrogens (primary N) is 2. The van der Waals surface area contributed by atoms with Gasteiger partial charge >= 0.3 is 0 Å². The van der Waals surface area contributed by atoms with E-state index < -0.39 is 0 Å². The van der Waals surface area contributed by atoms with Gasteiger partial charge in [-0.05, 0) is 71.8 Å². The molecule has 15 nitrogen and oxygen atoms in total. The summed E-state index contributed by atoms with van der Waals surface area (Å²) in [7, 11) is 3.84. The zero-order valence-corrected chi connectivity index (χ0v) is 34.7. The van der Waals surface area contributed by atoms with Crippen LogP contribution in [0.1, 0.15) is 33.1 Å². The van der Waals surface area contributed by atoms with Crippen molar-refractivity contribution < 1.29 is 23.7 Å². The number of nitrogen functional groups attached to an aromatic ring is 2. The topological polar surface area (TPSA) is 196 Å². The number of pyridine rings is 2. The summed E-state index contributed by atoms with van der Waals surface area (Å²) in [4.78, 5) is 35.9. The van der Waals surface area contributed by atoms with Crippen molar-refractivity contribution >= 4 is 29.0 Å². The molecule has 0 unspecified atom stereocenters. The van der Waals surface area contributed by atoms with Crippen LogP contribution in [-0.2, 0) is 40.5 Å². The molecule has 0 bridgehead atoms. The lowest BCUT2D eigenvalue weighted by Gasteiger charge is -2.13. The average molecular weight is 843 g/mol. The van der Waals surface area contributed by atoms with E-state index in [9.17, 15) is 4.79 Å². The molecule has 0 radical (unpaired) electrons. The maximum absolute atomic E-state index is 11.3. The van der Waals surface area contributed by atoms with Gasteiger partial charge in [0, 0.05) is 51.3 Å². The summed E-state index contributed by atoms with van der Waals surface area (Å²) in [5.41, 5.74) is 16.1. The number of rotatable bonds is 14. The molecule has 63 heavy (non-hydrogen) atoms. The molecule has 0 spiro atoms. The highest BCUT2D eigenvalue weighted by atomic mass is 16.5. The molecule has 0 saturated carbocycles. The summed E-state index contributed by atoms with van der Waals surface area (Å²) >= 11 is 0. The van der Waals surface area contributed by atoms with Gasteiger partial charge in [0.15, 0.2) is 11.9 Å². The first-order chi connectivity index (χ1) is 30.8. The van der Waals surface area contributed by atoms with Crippen LogP contribution in [0.3, 0.4) is 0 Å². The number of carbonyl (C=O) groups is 1. The van der Waals surface area contributed by atoms with Gasteiger partial charge in [-0.1, -0.05) is 60.7 Å². The first-order valence-electron chi connectivity index (χ1n) is 19.8. The smallest absolute Gasteiger partial charge is 0.178 e. The second-order valence-corrected chi connectivity index (χ2v) is 13.9. The third-order valence-corrected chi connectivity index (χ3v) is 9.50. The maximum Gasteiger partial charge on any atom is 0.178 e. The van der Waals surface area contributed by atoms with Crippen molar-refractivity contribution in [3.63, 3.8) is 0 Å². The molecule has 0 fully saturated rings. The van der Waals surface area contributed by atoms with Crippen molar-refractivity contribution in [1.29, 1.82) is 0 Å². The van der Waals surface area contributed by atoms with E-state index in [4.69, 9.17) is 30.4 Å². The third kappa shape index (κ3) is 11.9. The van der Waals surface area contributed by atoms with E-state index in [-0.39, 0.29) is 0 Å². The van der Waals surface area contributed by atoms with Crippen molar-refractivity contribution in [3.05, 3.63) is 187 Å². The molecule has 0 amide bonds. The Labute approximate surface area is 364 Å². The molecule has 0 saturated heterocycles. The minimum absolute atomic E-state index is 0.300. The Hall–Kier alpha value is -8.46. The number of hydrogen-bond acceptors (Lipinski definition) is 12. The molecule has 0 aliphatic rings. The number of H-pyrrole nitrogens is 1. The Morgan fingerprint density at radius 3 is 1.70 bits per heavy atom. The first-order valence-corrected chi connectivity index (χ1v) is 19.8. The van der Waals surface area contributed by atoms with Crippen LogP contribution < -0.4 is 30.4 Å². The van der Waals surface area contributed by atoms with E-state index in [0.717, 1.165) is 45.9 Å². The Bertz CT molecular complexity index is 2790. The predicted octanol–water partition coefficient (Wildman–Crippen LogP) is 8.15. The molecule has 5 aromatic heterocycles. The highest BCUT2D eigenvalue weighted by Crippen LogP contribution is 2.34. The van der Waals surface area contributed by atoms with Crippen molar-refractivity contribution in [3.8, 4) is 34.4 Å². The number of anilines is 2. The van der Waals surface area contributed by atoms with E-state index in [1.54, 1.807) is 55.1 Å². The maximum atomic E-state index is 11.3. The van der Waals surface area contributed by atoms with E-state index in [2.05, 4.69) is 29.9 Å². The number of ether oxygens (including phenoxy) is 4. The standard InChI is InChI=1S/C24H21N5O2.C19H18N2O3.C5H7N3/c1-29-13-12-25-22(29)16-31-21-10-9-18(30-15-17-6-3-2-4-7-17)14-19(21)23-27-20-8-5-11-26-24(20)28-23;1-21-10-9-20-19(21)14-24-18-8-7-17(11-16(18)12-22)23-13-15-5-3-2-4-6-15;6-4-2-1-3-8-5(4)7/h2-14H,15-16H2,1H3,(H,26,27,28);2-12H,13-14H2,1H3;1-3H,6H2,(H2,7,8). The van der Waals surface area contributed by atoms with E-state index in [1.165, 1.54) is 0 Å². The number of imidazole rings is 3. The van der Waals surface area contributed by atoms with Crippen LogP contribution in [0.4, 0.5) is 11.5 Å². The fourth-order valence-corrected chi connectivity index (χ4v) is 5.99. The van der Waals surface area contributed by atoms with Gasteiger partial charge in [-0.2, -0.15) is 0 Å². The number of aryl methyl sites for hydroxylation is 2. The SMILES string of the molecule is Cn1ccnc1COc1ccc(OCc2ccccc2)cc1-c1nc2ncccc2[nH]1.Cn1ccnc1COc1ccc(OCc2ccccc2)cc1C=O.Nc1cccnc1N. The van der Waals surface area contributed by atoms with Gasteiger partial charge in [0.2, 0.25) is 0 Å². The monoisotopic (exact) mass is 842 g/mol. The van der Waals surface area contributed by atoms with E-state index >= 15 is 0 Å². The second kappa shape index (κ2) is 21.2. The van der Waals surface area contributed by atoms with Crippen LogP contribution in [0.5, 0.6) is 23.0 Å². The quantitative estimate of drug-likeness (QED) is 0.0890. The van der Waals surface area contributed by atoms with Crippen LogP contribution in [0.25, 0.3) is 22.6 Å². The van der Waals surface area contributed by atoms with Gasteiger partial charge in [-0.25, -0.2) is 24.9 Å². The molecule has 4 aromatic carbocycles. The molecule has 0 aliphatic heterocycles. The van der Waals surface area contributed by atoms with E-state index in [0.29, 0.717) is 72.2 Å². The number of hydrogen-bond donors (Lipinski definition) is 3. The minimum atomic E-state index is 0.300. The molecule has 318 valence electrons. The number of aromatic amines is 1. The van der Waals surface area contributed by atoms with Crippen molar-refractivity contribution in [2.24, 2.45) is 14.1 Å². The normalized spacial score (nSPS) is 10.5. The Kier molecular flexibility index (Phi) is 14.3. The number of benzene rings is 4. The summed E-state index contributed by atoms with van der Waals surface area (Å²) in [6.07, 6.45) is 11.3. The molecular weight excluding hydrogens is 797 g/mol. The Morgan fingerprint density at radius 1 is 0.587 bits per heavy atom. The predicted molar refractivity (Wildman–Crippen MR) is 241 cm³/mol. The molecule has 5 heterocycles. The van der Waals surface area contributed by atoms with E-state index in [1.807, 2.05) is 127 Å². The number of aromatic nitrogens is 8. The number of nitrogens with zero attached hydrogens (tertiary/aromatic N) is 7. The molecule has 0 atom stereocenters. The number of nitrogens with one attached hydrogen (secondary N) is 1. The van der Waals surface area contributed by atoms with Gasteiger partial charge in [-0.3, -0.25) is 4.79 Å². The third-order valence-electron chi connectivity index (χ3n) is 9.50. The zero-order valence-electron chi connectivity index (χ0n) is 34.7. The van der Waals surface area contributed by atoms with Gasteiger partial charge in [-0.15, -0.1) is 0 Å². The molecule has 5 N–H and O–H groups in total. The van der Waals surface area contributed by atoms with Crippen LogP contribution in [0, 0.1) is 0 Å². The Morgan fingerprint density at radius 2 is 1.16 bits per heavy atom. The summed E-state index contributed by atoms with van der Waals surface area (Å²) in [6, 6.07) is 38.2. The van der Waals surface area contributed by atoms with Crippen molar-refractivity contribution in [2.75, 3.05) is 11.5 Å². The highest BCUT2D eigenvalue weighted by Gasteiger charge is 2.15. The highest BCUT2D eigenvalue weighted by molar-refractivity contribution is 5.80. The Balaban J connectivity index is 0.000000164. The molecule has 15 heteroatoms. The lowest BCUT2D eigenvalue weighted by Crippen LogP contribution is -2.04. The summed E-state index contributed by atoms with van der Waals surface area (Å²) in [5, 5.41) is 0. The van der Waals surface area contributed by atoms with Gasteiger partial charge < -0.3 is 44.5 Å². The van der Waals surface area contributed by atoms with Crippen LogP contribution in [0.2, 0.25) is 0 Å². The number of aldehydes is 1. The molecule has 0 aliphatic carbocycles. The summed E-state index contributed by atoms with van der Waals surface area (Å²) in [5.74, 6) is 5.26. The largest absolute Gasteiger partial charge is 0.489 e. The van der Waals surface area contributed by atoms with Crippen molar-refractivity contribution in [2.45, 2.75) is 26.4 Å².